The summed E-state index contributed by atoms with van der Waals surface area (Å²) in [7, 11) is 1.78. The topological polar surface area (TPSA) is 76.0 Å². The van der Waals surface area contributed by atoms with Crippen LogP contribution >= 0.6 is 0 Å². The van der Waals surface area contributed by atoms with E-state index in [1.807, 2.05) is 6.92 Å². The van der Waals surface area contributed by atoms with Crippen molar-refractivity contribution in [3.05, 3.63) is 53.1 Å². The third-order valence-electron chi connectivity index (χ3n) is 3.52. The lowest BCUT2D eigenvalue weighted by molar-refractivity contribution is -0.121. The molecule has 24 heavy (non-hydrogen) atoms. The summed E-state index contributed by atoms with van der Waals surface area (Å²) in [6.07, 6.45) is 2.55. The maximum atomic E-state index is 13.4. The Bertz CT molecular complexity index is 796. The number of aromatic nitrogens is 2. The summed E-state index contributed by atoms with van der Waals surface area (Å²) in [6.45, 7) is 3.44. The van der Waals surface area contributed by atoms with E-state index in [4.69, 9.17) is 0 Å². The van der Waals surface area contributed by atoms with Crippen LogP contribution < -0.4 is 10.6 Å². The number of aryl methyl sites for hydroxylation is 2. The van der Waals surface area contributed by atoms with Crippen LogP contribution in [0.4, 0.5) is 10.1 Å². The third-order valence-corrected chi connectivity index (χ3v) is 3.52. The monoisotopic (exact) mass is 330 g/mol. The lowest BCUT2D eigenvalue weighted by Crippen LogP contribution is -2.32. The maximum absolute atomic E-state index is 13.4. The summed E-state index contributed by atoms with van der Waals surface area (Å²) in [5.41, 5.74) is 2.47. The van der Waals surface area contributed by atoms with Crippen LogP contribution in [0.15, 0.2) is 30.3 Å². The predicted octanol–water partition coefficient (Wildman–Crippen LogP) is 1.94. The molecule has 2 rings (SSSR count). The molecule has 2 amide bonds. The number of benzene rings is 1. The molecule has 6 nitrogen and oxygen atoms in total. The van der Waals surface area contributed by atoms with Crippen LogP contribution in [0.1, 0.15) is 17.0 Å². The molecule has 126 valence electrons. The Morgan fingerprint density at radius 2 is 2.00 bits per heavy atom. The van der Waals surface area contributed by atoms with Crippen molar-refractivity contribution in [3.8, 4) is 0 Å². The summed E-state index contributed by atoms with van der Waals surface area (Å²) in [5, 5.41) is 9.37. The van der Waals surface area contributed by atoms with Crippen LogP contribution in [0.25, 0.3) is 6.08 Å². The minimum absolute atomic E-state index is 0.186. The van der Waals surface area contributed by atoms with Gasteiger partial charge in [-0.05, 0) is 26.0 Å². The first-order valence-electron chi connectivity index (χ1n) is 7.39. The molecule has 0 atom stereocenters. The van der Waals surface area contributed by atoms with E-state index in [0.29, 0.717) is 16.9 Å². The normalized spacial score (nSPS) is 10.8. The third kappa shape index (κ3) is 4.28. The van der Waals surface area contributed by atoms with E-state index in [1.165, 1.54) is 18.2 Å². The highest BCUT2D eigenvalue weighted by Crippen LogP contribution is 2.17. The van der Waals surface area contributed by atoms with E-state index < -0.39 is 11.7 Å². The van der Waals surface area contributed by atoms with E-state index in [-0.39, 0.29) is 12.5 Å². The van der Waals surface area contributed by atoms with Crippen molar-refractivity contribution >= 4 is 23.6 Å². The van der Waals surface area contributed by atoms with Gasteiger partial charge in [-0.3, -0.25) is 14.3 Å². The Labute approximate surface area is 139 Å². The number of rotatable bonds is 5. The van der Waals surface area contributed by atoms with Gasteiger partial charge < -0.3 is 10.6 Å². The number of carbonyl (C=O) groups excluding carboxylic acids is 2. The van der Waals surface area contributed by atoms with Crippen LogP contribution in [0.5, 0.6) is 0 Å². The van der Waals surface area contributed by atoms with Crippen molar-refractivity contribution < 1.29 is 14.0 Å². The second kappa shape index (κ2) is 7.54. The van der Waals surface area contributed by atoms with Crippen molar-refractivity contribution in [1.82, 2.24) is 15.1 Å². The van der Waals surface area contributed by atoms with Crippen molar-refractivity contribution in [1.29, 1.82) is 0 Å². The zero-order valence-corrected chi connectivity index (χ0v) is 13.8. The molecule has 0 spiro atoms. The summed E-state index contributed by atoms with van der Waals surface area (Å²) < 4.78 is 15.1. The van der Waals surface area contributed by atoms with Crippen molar-refractivity contribution in [2.24, 2.45) is 7.05 Å². The first-order valence-corrected chi connectivity index (χ1v) is 7.39. The van der Waals surface area contributed by atoms with Gasteiger partial charge in [-0.25, -0.2) is 4.39 Å². The fraction of sp³-hybridized carbons (Fsp3) is 0.235. The number of anilines is 1. The average molecular weight is 330 g/mol. The van der Waals surface area contributed by atoms with E-state index in [0.717, 1.165) is 5.69 Å². The van der Waals surface area contributed by atoms with E-state index in [1.54, 1.807) is 36.9 Å². The van der Waals surface area contributed by atoms with E-state index in [9.17, 15) is 14.0 Å². The Morgan fingerprint density at radius 3 is 2.62 bits per heavy atom. The van der Waals surface area contributed by atoms with E-state index >= 15 is 0 Å². The predicted molar refractivity (Wildman–Crippen MR) is 89.8 cm³/mol. The summed E-state index contributed by atoms with van der Waals surface area (Å²) in [4.78, 5) is 23.6. The van der Waals surface area contributed by atoms with Crippen LogP contribution in [-0.4, -0.2) is 28.1 Å². The van der Waals surface area contributed by atoms with Gasteiger partial charge in [0.15, 0.2) is 0 Å². The minimum atomic E-state index is -0.479. The quantitative estimate of drug-likeness (QED) is 0.823. The molecule has 0 aliphatic heterocycles. The highest BCUT2D eigenvalue weighted by molar-refractivity contribution is 5.98. The fourth-order valence-corrected chi connectivity index (χ4v) is 2.14. The molecule has 7 heteroatoms. The zero-order valence-electron chi connectivity index (χ0n) is 13.8. The largest absolute Gasteiger partial charge is 0.343 e. The first kappa shape index (κ1) is 17.4. The summed E-state index contributed by atoms with van der Waals surface area (Å²) in [5.74, 6) is -1.25. The average Bonchev–Trinajstić information content (AvgIpc) is 2.78. The molecule has 0 saturated carbocycles. The SMILES string of the molecule is Cc1nn(C)c(C)c1NC(=O)CNC(=O)/C=C/c1ccccc1F. The smallest absolute Gasteiger partial charge is 0.244 e. The molecular formula is C17H19FN4O2. The Balaban J connectivity index is 1.87. The number of nitrogens with one attached hydrogen (secondary N) is 2. The van der Waals surface area contributed by atoms with Crippen LogP contribution in [0.2, 0.25) is 0 Å². The number of carbonyl (C=O) groups is 2. The van der Waals surface area contributed by atoms with Gasteiger partial charge in [0, 0.05) is 18.7 Å². The molecule has 0 aliphatic carbocycles. The molecule has 0 aliphatic rings. The number of amides is 2. The Morgan fingerprint density at radius 1 is 1.29 bits per heavy atom. The molecule has 0 unspecified atom stereocenters. The van der Waals surface area contributed by atoms with Crippen LogP contribution in [-0.2, 0) is 16.6 Å². The number of nitrogens with zero attached hydrogens (tertiary/aromatic N) is 2. The molecule has 0 bridgehead atoms. The summed E-state index contributed by atoms with van der Waals surface area (Å²) in [6, 6.07) is 6.11. The molecule has 1 aromatic carbocycles. The second-order valence-corrected chi connectivity index (χ2v) is 5.29. The van der Waals surface area contributed by atoms with Gasteiger partial charge in [-0.15, -0.1) is 0 Å². The molecule has 2 aromatic rings. The van der Waals surface area contributed by atoms with Crippen LogP contribution in [0.3, 0.4) is 0 Å². The van der Waals surface area contributed by atoms with Crippen molar-refractivity contribution in [2.75, 3.05) is 11.9 Å². The van der Waals surface area contributed by atoms with E-state index in [2.05, 4.69) is 15.7 Å². The number of hydrogen-bond acceptors (Lipinski definition) is 3. The van der Waals surface area contributed by atoms with Gasteiger partial charge in [0.25, 0.3) is 0 Å². The number of halogens is 1. The minimum Gasteiger partial charge on any atom is -0.343 e. The highest BCUT2D eigenvalue weighted by atomic mass is 19.1. The summed E-state index contributed by atoms with van der Waals surface area (Å²) >= 11 is 0. The van der Waals surface area contributed by atoms with Crippen molar-refractivity contribution in [2.45, 2.75) is 13.8 Å². The van der Waals surface area contributed by atoms with Gasteiger partial charge in [0.2, 0.25) is 11.8 Å². The van der Waals surface area contributed by atoms with Crippen LogP contribution in [0, 0.1) is 19.7 Å². The fourth-order valence-electron chi connectivity index (χ4n) is 2.14. The van der Waals surface area contributed by atoms with Gasteiger partial charge in [-0.1, -0.05) is 18.2 Å². The molecular weight excluding hydrogens is 311 g/mol. The van der Waals surface area contributed by atoms with Gasteiger partial charge in [-0.2, -0.15) is 5.10 Å². The van der Waals surface area contributed by atoms with Gasteiger partial charge in [0.05, 0.1) is 23.6 Å². The lowest BCUT2D eigenvalue weighted by Gasteiger charge is -2.06. The molecule has 0 saturated heterocycles. The first-order chi connectivity index (χ1) is 11.4. The number of hydrogen-bond donors (Lipinski definition) is 2. The maximum Gasteiger partial charge on any atom is 0.244 e. The Kier molecular flexibility index (Phi) is 5.47. The molecule has 1 aromatic heterocycles. The van der Waals surface area contributed by atoms with Gasteiger partial charge >= 0.3 is 0 Å². The molecule has 1 heterocycles. The highest BCUT2D eigenvalue weighted by Gasteiger charge is 2.12. The molecule has 0 fully saturated rings. The lowest BCUT2D eigenvalue weighted by atomic mass is 10.2. The zero-order chi connectivity index (χ0) is 17.7. The van der Waals surface area contributed by atoms with Gasteiger partial charge in [0.1, 0.15) is 5.82 Å². The molecule has 0 radical (unpaired) electrons. The molecule has 2 N–H and O–H groups in total. The second-order valence-electron chi connectivity index (χ2n) is 5.29. The Hall–Kier alpha value is -2.96. The van der Waals surface area contributed by atoms with Crippen molar-refractivity contribution in [3.63, 3.8) is 0 Å². The standard InChI is InChI=1S/C17H19FN4O2/c1-11-17(12(2)22(3)21-11)20-16(24)10-19-15(23)9-8-13-6-4-5-7-14(13)18/h4-9H,10H2,1-3H3,(H,19,23)(H,20,24)/b9-8+.